The number of hydrogen-bond acceptors (Lipinski definition) is 2. The lowest BCUT2D eigenvalue weighted by Crippen LogP contribution is -2.62. The number of halogens is 2. The molecule has 1 fully saturated rings. The average Bonchev–Trinajstić information content (AvgIpc) is 1.98. The summed E-state index contributed by atoms with van der Waals surface area (Å²) in [5.41, 5.74) is 3.48. The molecule has 0 bridgehead atoms. The van der Waals surface area contributed by atoms with Gasteiger partial charge in [0, 0.05) is 11.5 Å². The highest BCUT2D eigenvalue weighted by atomic mass is 19.1. The Morgan fingerprint density at radius 1 is 1.42 bits per heavy atom. The van der Waals surface area contributed by atoms with Crippen LogP contribution in [0, 0.1) is 5.41 Å². The molecule has 0 saturated heterocycles. The Morgan fingerprint density at radius 2 is 1.83 bits per heavy atom. The number of alkyl halides is 2. The van der Waals surface area contributed by atoms with E-state index in [1.807, 2.05) is 0 Å². The van der Waals surface area contributed by atoms with Gasteiger partial charge in [0.05, 0.1) is 19.0 Å². The van der Waals surface area contributed by atoms with Gasteiger partial charge in [0.2, 0.25) is 0 Å². The lowest BCUT2D eigenvalue weighted by molar-refractivity contribution is -0.154. The molecular formula is C8H15F2NO. The summed E-state index contributed by atoms with van der Waals surface area (Å²) in [6.45, 7) is 0.234. The summed E-state index contributed by atoms with van der Waals surface area (Å²) in [6.07, 6.45) is 0.287. The summed E-state index contributed by atoms with van der Waals surface area (Å²) in [4.78, 5) is 0. The smallest absolute Gasteiger partial charge is 0.0977 e. The predicted molar refractivity (Wildman–Crippen MR) is 42.2 cm³/mol. The molecule has 1 aliphatic rings. The van der Waals surface area contributed by atoms with Gasteiger partial charge < -0.3 is 10.8 Å². The molecule has 0 aliphatic heterocycles. The molecule has 72 valence electrons. The van der Waals surface area contributed by atoms with Crippen molar-refractivity contribution in [3.63, 3.8) is 0 Å². The first-order valence-corrected chi connectivity index (χ1v) is 4.08. The van der Waals surface area contributed by atoms with Crippen molar-refractivity contribution in [1.82, 2.24) is 0 Å². The molecule has 1 aliphatic carbocycles. The van der Waals surface area contributed by atoms with Crippen LogP contribution in [-0.2, 0) is 0 Å². The second-order valence-electron chi connectivity index (χ2n) is 4.01. The monoisotopic (exact) mass is 179 g/mol. The summed E-state index contributed by atoms with van der Waals surface area (Å²) in [7, 11) is 0. The van der Waals surface area contributed by atoms with Gasteiger partial charge in [-0.15, -0.1) is 0 Å². The van der Waals surface area contributed by atoms with Gasteiger partial charge in [-0.2, -0.15) is 0 Å². The van der Waals surface area contributed by atoms with Crippen molar-refractivity contribution in [3.8, 4) is 0 Å². The van der Waals surface area contributed by atoms with Crippen LogP contribution in [0.1, 0.15) is 19.8 Å². The summed E-state index contributed by atoms with van der Waals surface area (Å²) in [6, 6.07) is -0.413. The van der Waals surface area contributed by atoms with Crippen molar-refractivity contribution in [2.75, 3.05) is 13.3 Å². The number of aliphatic hydroxyl groups is 1. The van der Waals surface area contributed by atoms with Crippen LogP contribution < -0.4 is 5.73 Å². The van der Waals surface area contributed by atoms with Crippen LogP contribution in [0.2, 0.25) is 0 Å². The molecule has 2 nitrogen and oxygen atoms in total. The zero-order chi connectivity index (χ0) is 9.41. The maximum Gasteiger partial charge on any atom is 0.0977 e. The molecule has 4 heteroatoms. The zero-order valence-electron chi connectivity index (χ0n) is 7.19. The van der Waals surface area contributed by atoms with E-state index in [9.17, 15) is 13.9 Å². The van der Waals surface area contributed by atoms with Crippen molar-refractivity contribution < 1.29 is 13.9 Å². The minimum atomic E-state index is -1.04. The lowest BCUT2D eigenvalue weighted by atomic mass is 9.58. The highest BCUT2D eigenvalue weighted by molar-refractivity contribution is 5.07. The molecule has 1 atom stereocenters. The highest BCUT2D eigenvalue weighted by Gasteiger charge is 2.55. The van der Waals surface area contributed by atoms with Crippen LogP contribution in [0.3, 0.4) is 0 Å². The zero-order valence-corrected chi connectivity index (χ0v) is 7.19. The first kappa shape index (κ1) is 9.86. The van der Waals surface area contributed by atoms with Crippen molar-refractivity contribution in [2.24, 2.45) is 11.1 Å². The molecular weight excluding hydrogens is 164 g/mol. The molecule has 3 N–H and O–H groups in total. The first-order chi connectivity index (χ1) is 5.48. The largest absolute Gasteiger partial charge is 0.388 e. The summed E-state index contributed by atoms with van der Waals surface area (Å²) in [5.74, 6) is 0. The van der Waals surface area contributed by atoms with E-state index in [1.54, 1.807) is 6.92 Å². The Bertz CT molecular complexity index is 158. The highest BCUT2D eigenvalue weighted by Crippen LogP contribution is 2.50. The third kappa shape index (κ3) is 1.33. The van der Waals surface area contributed by atoms with E-state index in [1.165, 1.54) is 0 Å². The van der Waals surface area contributed by atoms with Gasteiger partial charge in [-0.25, -0.2) is 0 Å². The Kier molecular flexibility index (Phi) is 2.40. The second kappa shape index (κ2) is 2.92. The number of hydrogen-bond donors (Lipinski definition) is 2. The molecule has 0 heterocycles. The fraction of sp³-hybridized carbons (Fsp3) is 1.00. The van der Waals surface area contributed by atoms with Gasteiger partial charge in [0.25, 0.3) is 0 Å². The number of rotatable bonds is 3. The standard InChI is InChI=1S/C8H15F2NO/c1-6(11)8(12)2-7(3-8,4-9)5-10/h6,12H,2-5,11H2,1H3. The minimum absolute atomic E-state index is 0.144. The quantitative estimate of drug-likeness (QED) is 0.672. The van der Waals surface area contributed by atoms with Crippen molar-refractivity contribution >= 4 is 0 Å². The van der Waals surface area contributed by atoms with Gasteiger partial charge in [-0.05, 0) is 19.8 Å². The van der Waals surface area contributed by atoms with Crippen LogP contribution in [0.25, 0.3) is 0 Å². The molecule has 0 radical (unpaired) electrons. The molecule has 1 rings (SSSR count). The van der Waals surface area contributed by atoms with E-state index in [2.05, 4.69) is 0 Å². The van der Waals surface area contributed by atoms with Crippen LogP contribution in [0.5, 0.6) is 0 Å². The van der Waals surface area contributed by atoms with E-state index < -0.39 is 30.4 Å². The van der Waals surface area contributed by atoms with Crippen molar-refractivity contribution in [2.45, 2.75) is 31.4 Å². The van der Waals surface area contributed by atoms with Gasteiger partial charge in [0.1, 0.15) is 0 Å². The maximum absolute atomic E-state index is 12.3. The number of nitrogens with two attached hydrogens (primary N) is 1. The normalized spacial score (nSPS) is 27.8. The molecule has 0 spiro atoms. The maximum atomic E-state index is 12.3. The van der Waals surface area contributed by atoms with Crippen LogP contribution in [0.15, 0.2) is 0 Å². The Hall–Kier alpha value is -0.220. The first-order valence-electron chi connectivity index (χ1n) is 4.08. The Balaban J connectivity index is 2.54. The van der Waals surface area contributed by atoms with Gasteiger partial charge in [0.15, 0.2) is 0 Å². The third-order valence-electron chi connectivity index (χ3n) is 2.78. The van der Waals surface area contributed by atoms with Gasteiger partial charge in [-0.1, -0.05) is 0 Å². The Morgan fingerprint density at radius 3 is 2.08 bits per heavy atom. The second-order valence-corrected chi connectivity index (χ2v) is 4.01. The lowest BCUT2D eigenvalue weighted by Gasteiger charge is -2.52. The summed E-state index contributed by atoms with van der Waals surface area (Å²) in [5, 5.41) is 9.63. The van der Waals surface area contributed by atoms with Crippen LogP contribution in [-0.4, -0.2) is 30.1 Å². The van der Waals surface area contributed by atoms with E-state index in [0.717, 1.165) is 0 Å². The summed E-state index contributed by atoms with van der Waals surface area (Å²) < 4.78 is 24.6. The fourth-order valence-corrected chi connectivity index (χ4v) is 1.79. The van der Waals surface area contributed by atoms with E-state index in [-0.39, 0.29) is 12.8 Å². The molecule has 0 aromatic heterocycles. The fourth-order valence-electron chi connectivity index (χ4n) is 1.79. The molecule has 0 aromatic rings. The average molecular weight is 179 g/mol. The Labute approximate surface area is 70.8 Å². The molecule has 1 unspecified atom stereocenters. The van der Waals surface area contributed by atoms with Gasteiger partial charge >= 0.3 is 0 Å². The molecule has 12 heavy (non-hydrogen) atoms. The molecule has 0 amide bonds. The van der Waals surface area contributed by atoms with Crippen LogP contribution in [0.4, 0.5) is 8.78 Å². The van der Waals surface area contributed by atoms with E-state index in [0.29, 0.717) is 0 Å². The minimum Gasteiger partial charge on any atom is -0.388 e. The topological polar surface area (TPSA) is 46.2 Å². The van der Waals surface area contributed by atoms with Crippen LogP contribution >= 0.6 is 0 Å². The molecule has 1 saturated carbocycles. The summed E-state index contributed by atoms with van der Waals surface area (Å²) >= 11 is 0. The van der Waals surface area contributed by atoms with Crippen molar-refractivity contribution in [3.05, 3.63) is 0 Å². The molecule has 0 aromatic carbocycles. The van der Waals surface area contributed by atoms with E-state index >= 15 is 0 Å². The van der Waals surface area contributed by atoms with Crippen molar-refractivity contribution in [1.29, 1.82) is 0 Å². The van der Waals surface area contributed by atoms with Gasteiger partial charge in [-0.3, -0.25) is 8.78 Å². The SMILES string of the molecule is CC(N)C1(O)CC(CF)(CF)C1. The predicted octanol–water partition coefficient (Wildman–Crippen LogP) is 0.784. The van der Waals surface area contributed by atoms with E-state index in [4.69, 9.17) is 5.73 Å². The third-order valence-corrected chi connectivity index (χ3v) is 2.78.